The number of benzene rings is 1. The zero-order valence-electron chi connectivity index (χ0n) is 21.4. The molecule has 0 spiro atoms. The number of anilines is 2. The highest BCUT2D eigenvalue weighted by Gasteiger charge is 2.35. The van der Waals surface area contributed by atoms with E-state index >= 15 is 0 Å². The third-order valence-electron chi connectivity index (χ3n) is 7.62. The standard InChI is InChI=1S/C29H35Cl2N5O/c1-20(2)27-19-35(29-26(31)16-24(17-32-29)33-28(37)15-21-3-4-21)13-14-36(27)25-9-11-34(12-10-25)18-22-5-7-23(30)8-6-22/h3,5-8,16-17,25,27H,1,4,9-15,18-19H2,2H3,(H,33,37)/t27-/m1/s1. The van der Waals surface area contributed by atoms with Gasteiger partial charge in [0.2, 0.25) is 5.91 Å². The molecule has 3 heterocycles. The molecular formula is C29H35Cl2N5O. The first-order valence-corrected chi connectivity index (χ1v) is 13.9. The minimum Gasteiger partial charge on any atom is -0.352 e. The molecule has 1 amide bonds. The van der Waals surface area contributed by atoms with Gasteiger partial charge in [0, 0.05) is 49.7 Å². The first-order chi connectivity index (χ1) is 17.9. The van der Waals surface area contributed by atoms with Gasteiger partial charge in [0.05, 0.1) is 16.9 Å². The maximum Gasteiger partial charge on any atom is 0.228 e. The lowest BCUT2D eigenvalue weighted by Crippen LogP contribution is -2.59. The molecule has 8 heteroatoms. The van der Waals surface area contributed by atoms with Crippen LogP contribution in [0, 0.1) is 0 Å². The summed E-state index contributed by atoms with van der Waals surface area (Å²) < 4.78 is 0. The number of nitrogens with one attached hydrogen (secondary N) is 1. The number of nitrogens with zero attached hydrogens (tertiary/aromatic N) is 4. The highest BCUT2D eigenvalue weighted by molar-refractivity contribution is 6.33. The molecule has 2 aromatic rings. The summed E-state index contributed by atoms with van der Waals surface area (Å²) in [6, 6.07) is 10.8. The van der Waals surface area contributed by atoms with Gasteiger partial charge in [0.1, 0.15) is 5.82 Å². The second-order valence-electron chi connectivity index (χ2n) is 10.5. The van der Waals surface area contributed by atoms with E-state index in [4.69, 9.17) is 23.2 Å². The Morgan fingerprint density at radius 1 is 1.14 bits per heavy atom. The van der Waals surface area contributed by atoms with Crippen molar-refractivity contribution in [3.8, 4) is 0 Å². The van der Waals surface area contributed by atoms with Gasteiger partial charge < -0.3 is 10.2 Å². The van der Waals surface area contributed by atoms with Crippen molar-refractivity contribution < 1.29 is 4.79 Å². The highest BCUT2D eigenvalue weighted by atomic mass is 35.5. The first-order valence-electron chi connectivity index (χ1n) is 13.1. The topological polar surface area (TPSA) is 51.7 Å². The number of piperidine rings is 1. The Morgan fingerprint density at radius 2 is 1.86 bits per heavy atom. The van der Waals surface area contributed by atoms with Gasteiger partial charge in [-0.1, -0.05) is 59.1 Å². The summed E-state index contributed by atoms with van der Waals surface area (Å²) in [7, 11) is 0. The van der Waals surface area contributed by atoms with Gasteiger partial charge in [-0.15, -0.1) is 0 Å². The van der Waals surface area contributed by atoms with Gasteiger partial charge in [0.25, 0.3) is 0 Å². The van der Waals surface area contributed by atoms with Crippen LogP contribution >= 0.6 is 23.2 Å². The Kier molecular flexibility index (Phi) is 8.20. The van der Waals surface area contributed by atoms with Gasteiger partial charge in [-0.2, -0.15) is 0 Å². The zero-order valence-corrected chi connectivity index (χ0v) is 22.9. The number of hydrogen-bond donors (Lipinski definition) is 1. The summed E-state index contributed by atoms with van der Waals surface area (Å²) >= 11 is 12.7. The lowest BCUT2D eigenvalue weighted by Gasteiger charge is -2.48. The van der Waals surface area contributed by atoms with E-state index in [2.05, 4.69) is 56.7 Å². The fraction of sp³-hybridized carbons (Fsp3) is 0.448. The third kappa shape index (κ3) is 6.74. The largest absolute Gasteiger partial charge is 0.352 e. The van der Waals surface area contributed by atoms with Crippen LogP contribution in [-0.2, 0) is 11.3 Å². The number of carbonyl (C=O) groups is 1. The molecule has 1 aromatic heterocycles. The van der Waals surface area contributed by atoms with E-state index in [-0.39, 0.29) is 11.9 Å². The first kappa shape index (κ1) is 26.2. The van der Waals surface area contributed by atoms with E-state index < -0.39 is 0 Å². The van der Waals surface area contributed by atoms with Crippen LogP contribution in [0.2, 0.25) is 10.0 Å². The molecule has 1 atom stereocenters. The number of hydrogen-bond acceptors (Lipinski definition) is 5. The number of rotatable bonds is 8. The van der Waals surface area contributed by atoms with Gasteiger partial charge in [-0.25, -0.2) is 4.98 Å². The summed E-state index contributed by atoms with van der Waals surface area (Å²) in [5.74, 6) is 0.748. The predicted molar refractivity (Wildman–Crippen MR) is 152 cm³/mol. The van der Waals surface area contributed by atoms with E-state index in [0.717, 1.165) is 69.4 Å². The Morgan fingerprint density at radius 3 is 2.51 bits per heavy atom. The molecule has 2 aliphatic heterocycles. The molecule has 0 saturated carbocycles. The number of amides is 1. The summed E-state index contributed by atoms with van der Waals surface area (Å²) in [6.07, 6.45) is 7.48. The third-order valence-corrected chi connectivity index (χ3v) is 8.15. The number of piperazine rings is 1. The summed E-state index contributed by atoms with van der Waals surface area (Å²) in [6.45, 7) is 12.2. The number of allylic oxidation sites excluding steroid dienone is 1. The number of likely N-dealkylation sites (tertiary alicyclic amines) is 1. The quantitative estimate of drug-likeness (QED) is 0.431. The lowest BCUT2D eigenvalue weighted by molar-refractivity contribution is -0.115. The average Bonchev–Trinajstić information content (AvgIpc) is 3.69. The lowest BCUT2D eigenvalue weighted by atomic mass is 9.96. The Labute approximate surface area is 229 Å². The van der Waals surface area contributed by atoms with E-state index in [0.29, 0.717) is 23.2 Å². The molecule has 37 heavy (non-hydrogen) atoms. The number of halogens is 2. The Balaban J connectivity index is 1.17. The van der Waals surface area contributed by atoms with Gasteiger partial charge in [-0.3, -0.25) is 14.6 Å². The molecular weight excluding hydrogens is 505 g/mol. The normalized spacial score (nSPS) is 21.0. The van der Waals surface area contributed by atoms with E-state index in [1.165, 1.54) is 16.7 Å². The number of pyridine rings is 1. The van der Waals surface area contributed by atoms with Crippen molar-refractivity contribution >= 4 is 40.6 Å². The van der Waals surface area contributed by atoms with Crippen LogP contribution in [0.5, 0.6) is 0 Å². The molecule has 1 aromatic carbocycles. The Bertz CT molecular complexity index is 1170. The van der Waals surface area contributed by atoms with Crippen molar-refractivity contribution in [3.05, 3.63) is 75.9 Å². The van der Waals surface area contributed by atoms with Crippen LogP contribution in [0.15, 0.2) is 60.3 Å². The van der Waals surface area contributed by atoms with Gasteiger partial charge >= 0.3 is 0 Å². The smallest absolute Gasteiger partial charge is 0.228 e. The van der Waals surface area contributed by atoms with Crippen molar-refractivity contribution in [2.24, 2.45) is 0 Å². The van der Waals surface area contributed by atoms with Crippen LogP contribution in [0.25, 0.3) is 0 Å². The molecule has 5 rings (SSSR count). The fourth-order valence-corrected chi connectivity index (χ4v) is 5.89. The number of carbonyl (C=O) groups excluding carboxylic acids is 1. The molecule has 196 valence electrons. The molecule has 1 aliphatic carbocycles. The SMILES string of the molecule is C=C(C)[C@H]1CN(c2ncc(NC(=O)CC3=CC3)cc2Cl)CCN1C1CCN(Cc2ccc(Cl)cc2)CC1. The predicted octanol–water partition coefficient (Wildman–Crippen LogP) is 5.78. The molecule has 0 bridgehead atoms. The summed E-state index contributed by atoms with van der Waals surface area (Å²) in [5, 5.41) is 4.25. The summed E-state index contributed by atoms with van der Waals surface area (Å²) in [4.78, 5) is 24.2. The van der Waals surface area contributed by atoms with Crippen molar-refractivity contribution in [2.75, 3.05) is 42.9 Å². The van der Waals surface area contributed by atoms with Crippen molar-refractivity contribution in [1.82, 2.24) is 14.8 Å². The van der Waals surface area contributed by atoms with E-state index in [1.54, 1.807) is 6.20 Å². The molecule has 1 N–H and O–H groups in total. The number of aromatic nitrogens is 1. The van der Waals surface area contributed by atoms with Crippen LogP contribution < -0.4 is 10.2 Å². The molecule has 3 aliphatic rings. The highest BCUT2D eigenvalue weighted by Crippen LogP contribution is 2.32. The second-order valence-corrected chi connectivity index (χ2v) is 11.3. The monoisotopic (exact) mass is 539 g/mol. The van der Waals surface area contributed by atoms with Crippen molar-refractivity contribution in [2.45, 2.75) is 51.2 Å². The average molecular weight is 541 g/mol. The molecule has 0 radical (unpaired) electrons. The second kappa shape index (κ2) is 11.6. The van der Waals surface area contributed by atoms with Crippen LogP contribution in [0.3, 0.4) is 0 Å². The van der Waals surface area contributed by atoms with E-state index in [1.807, 2.05) is 18.2 Å². The minimum absolute atomic E-state index is 0.0236. The fourth-order valence-electron chi connectivity index (χ4n) is 5.48. The van der Waals surface area contributed by atoms with Gasteiger partial charge in [0.15, 0.2) is 0 Å². The molecule has 2 saturated heterocycles. The molecule has 2 fully saturated rings. The Hall–Kier alpha value is -2.38. The van der Waals surface area contributed by atoms with Crippen LogP contribution in [0.4, 0.5) is 11.5 Å². The van der Waals surface area contributed by atoms with Crippen molar-refractivity contribution in [1.29, 1.82) is 0 Å². The maximum absolute atomic E-state index is 12.1. The minimum atomic E-state index is -0.0236. The van der Waals surface area contributed by atoms with Crippen LogP contribution in [0.1, 0.15) is 38.2 Å². The van der Waals surface area contributed by atoms with Crippen molar-refractivity contribution in [3.63, 3.8) is 0 Å². The molecule has 0 unspecified atom stereocenters. The maximum atomic E-state index is 12.1. The van der Waals surface area contributed by atoms with E-state index in [9.17, 15) is 4.79 Å². The van der Waals surface area contributed by atoms with Gasteiger partial charge in [-0.05, 0) is 63.0 Å². The summed E-state index contributed by atoms with van der Waals surface area (Å²) in [5.41, 5.74) is 4.30. The van der Waals surface area contributed by atoms with Crippen LogP contribution in [-0.4, -0.2) is 65.5 Å². The zero-order chi connectivity index (χ0) is 25.9. The molecule has 6 nitrogen and oxygen atoms in total.